The van der Waals surface area contributed by atoms with Crippen LogP contribution in [-0.4, -0.2) is 6.18 Å². The molecule has 0 atom stereocenters. The van der Waals surface area contributed by atoms with Crippen LogP contribution in [0.5, 0.6) is 0 Å². The van der Waals surface area contributed by atoms with Crippen LogP contribution >= 0.6 is 0 Å². The predicted octanol–water partition coefficient (Wildman–Crippen LogP) is 2.02. The van der Waals surface area contributed by atoms with Crippen LogP contribution in [0.2, 0.25) is 0 Å². The van der Waals surface area contributed by atoms with E-state index in [0.29, 0.717) is 0 Å². The minimum absolute atomic E-state index is 0.736. The van der Waals surface area contributed by atoms with Gasteiger partial charge in [-0.3, -0.25) is 0 Å². The summed E-state index contributed by atoms with van der Waals surface area (Å²) in [6, 6.07) is 1.03. The van der Waals surface area contributed by atoms with E-state index in [1.807, 2.05) is 0 Å². The molecule has 0 fully saturated rings. The summed E-state index contributed by atoms with van der Waals surface area (Å²) in [5, 5.41) is 7.82. The Morgan fingerprint density at radius 3 is 2.00 bits per heavy atom. The molecule has 0 heterocycles. The van der Waals surface area contributed by atoms with Gasteiger partial charge in [0, 0.05) is 0 Å². The lowest BCUT2D eigenvalue weighted by atomic mass is 10.3. The SMILES string of the molecule is C/C=C(/C#N)C(F)(F)F. The minimum Gasteiger partial charge on any atom is -0.192 e. The van der Waals surface area contributed by atoms with E-state index < -0.39 is 11.7 Å². The number of halogens is 3. The summed E-state index contributed by atoms with van der Waals surface area (Å²) < 4.78 is 34.3. The van der Waals surface area contributed by atoms with Gasteiger partial charge in [-0.1, -0.05) is 6.08 Å². The molecule has 0 aliphatic carbocycles. The van der Waals surface area contributed by atoms with E-state index in [-0.39, 0.29) is 0 Å². The van der Waals surface area contributed by atoms with E-state index >= 15 is 0 Å². The first-order valence-corrected chi connectivity index (χ1v) is 2.16. The van der Waals surface area contributed by atoms with Crippen molar-refractivity contribution >= 4 is 0 Å². The van der Waals surface area contributed by atoms with Gasteiger partial charge in [-0.2, -0.15) is 18.4 Å². The number of nitriles is 1. The number of hydrogen-bond acceptors (Lipinski definition) is 1. The van der Waals surface area contributed by atoms with Crippen molar-refractivity contribution < 1.29 is 13.2 Å². The molecule has 0 aromatic heterocycles. The average molecular weight is 135 g/mol. The molecular weight excluding hydrogens is 131 g/mol. The van der Waals surface area contributed by atoms with E-state index in [9.17, 15) is 13.2 Å². The molecule has 1 nitrogen and oxygen atoms in total. The van der Waals surface area contributed by atoms with Gasteiger partial charge in [-0.05, 0) is 6.92 Å². The largest absolute Gasteiger partial charge is 0.425 e. The van der Waals surface area contributed by atoms with Crippen molar-refractivity contribution in [1.82, 2.24) is 0 Å². The highest BCUT2D eigenvalue weighted by Gasteiger charge is 2.32. The third kappa shape index (κ3) is 2.17. The summed E-state index contributed by atoms with van der Waals surface area (Å²) >= 11 is 0. The van der Waals surface area contributed by atoms with E-state index in [4.69, 9.17) is 5.26 Å². The Bertz CT molecular complexity index is 160. The lowest BCUT2D eigenvalue weighted by Gasteiger charge is -2.00. The van der Waals surface area contributed by atoms with Gasteiger partial charge in [0.2, 0.25) is 0 Å². The highest BCUT2D eigenvalue weighted by molar-refractivity contribution is 5.24. The molecule has 0 saturated carbocycles. The number of hydrogen-bond donors (Lipinski definition) is 0. The highest BCUT2D eigenvalue weighted by atomic mass is 19.4. The van der Waals surface area contributed by atoms with Crippen molar-refractivity contribution in [2.75, 3.05) is 0 Å². The molecule has 0 aliphatic heterocycles. The molecule has 4 heteroatoms. The zero-order chi connectivity index (χ0) is 7.49. The molecule has 50 valence electrons. The zero-order valence-electron chi connectivity index (χ0n) is 4.66. The van der Waals surface area contributed by atoms with Gasteiger partial charge in [-0.25, -0.2) is 0 Å². The molecule has 9 heavy (non-hydrogen) atoms. The van der Waals surface area contributed by atoms with Crippen LogP contribution in [0.4, 0.5) is 13.2 Å². The van der Waals surface area contributed by atoms with Crippen LogP contribution in [0.25, 0.3) is 0 Å². The summed E-state index contributed by atoms with van der Waals surface area (Å²) in [5.74, 6) is 0. The van der Waals surface area contributed by atoms with E-state index in [1.54, 1.807) is 0 Å². The Kier molecular flexibility index (Phi) is 2.26. The molecule has 0 saturated heterocycles. The number of rotatable bonds is 0. The summed E-state index contributed by atoms with van der Waals surface area (Å²) in [7, 11) is 0. The van der Waals surface area contributed by atoms with Crippen LogP contribution in [-0.2, 0) is 0 Å². The Balaban J connectivity index is 4.39. The number of allylic oxidation sites excluding steroid dienone is 2. The Labute approximate surface area is 50.4 Å². The molecule has 0 unspecified atom stereocenters. The third-order valence-corrected chi connectivity index (χ3v) is 0.715. The third-order valence-electron chi connectivity index (χ3n) is 0.715. The number of nitrogens with zero attached hydrogens (tertiary/aromatic N) is 1. The first-order chi connectivity index (χ1) is 4.02. The minimum atomic E-state index is -4.48. The maximum atomic E-state index is 11.4. The van der Waals surface area contributed by atoms with Crippen molar-refractivity contribution in [3.63, 3.8) is 0 Å². The first-order valence-electron chi connectivity index (χ1n) is 2.16. The topological polar surface area (TPSA) is 23.8 Å². The summed E-state index contributed by atoms with van der Waals surface area (Å²) in [4.78, 5) is 0. The van der Waals surface area contributed by atoms with Crippen molar-refractivity contribution in [1.29, 1.82) is 5.26 Å². The Morgan fingerprint density at radius 2 is 2.00 bits per heavy atom. The molecule has 0 aromatic carbocycles. The molecular formula is C5H4F3N. The summed E-state index contributed by atoms with van der Waals surface area (Å²) in [5.41, 5.74) is -1.15. The second-order valence-electron chi connectivity index (χ2n) is 1.31. The van der Waals surface area contributed by atoms with Crippen molar-refractivity contribution in [3.05, 3.63) is 11.6 Å². The van der Waals surface area contributed by atoms with Gasteiger partial charge in [0.25, 0.3) is 0 Å². The molecule has 0 N–H and O–H groups in total. The van der Waals surface area contributed by atoms with E-state index in [0.717, 1.165) is 12.1 Å². The predicted molar refractivity (Wildman–Crippen MR) is 25.4 cm³/mol. The van der Waals surface area contributed by atoms with Gasteiger partial charge < -0.3 is 0 Å². The van der Waals surface area contributed by atoms with Crippen molar-refractivity contribution in [2.45, 2.75) is 13.1 Å². The zero-order valence-corrected chi connectivity index (χ0v) is 4.66. The van der Waals surface area contributed by atoms with Crippen LogP contribution in [0.1, 0.15) is 6.92 Å². The van der Waals surface area contributed by atoms with Crippen molar-refractivity contribution in [3.8, 4) is 6.07 Å². The molecule has 0 bridgehead atoms. The maximum absolute atomic E-state index is 11.4. The van der Waals surface area contributed by atoms with Crippen LogP contribution in [0, 0.1) is 11.3 Å². The first kappa shape index (κ1) is 8.02. The quantitative estimate of drug-likeness (QED) is 0.466. The second kappa shape index (κ2) is 2.53. The lowest BCUT2D eigenvalue weighted by molar-refractivity contribution is -0.0874. The van der Waals surface area contributed by atoms with Gasteiger partial charge in [-0.15, -0.1) is 0 Å². The van der Waals surface area contributed by atoms with E-state index in [1.165, 1.54) is 6.92 Å². The molecule has 0 amide bonds. The smallest absolute Gasteiger partial charge is 0.192 e. The maximum Gasteiger partial charge on any atom is 0.425 e. The summed E-state index contributed by atoms with van der Waals surface area (Å²) in [6.07, 6.45) is -3.75. The average Bonchev–Trinajstić information content (AvgIpc) is 1.65. The monoisotopic (exact) mass is 135 g/mol. The molecule has 0 rings (SSSR count). The summed E-state index contributed by atoms with van der Waals surface area (Å²) in [6.45, 7) is 1.17. The Morgan fingerprint density at radius 1 is 1.56 bits per heavy atom. The number of alkyl halides is 3. The van der Waals surface area contributed by atoms with Gasteiger partial charge in [0.15, 0.2) is 0 Å². The molecule has 0 spiro atoms. The van der Waals surface area contributed by atoms with Gasteiger partial charge >= 0.3 is 6.18 Å². The highest BCUT2D eigenvalue weighted by Crippen LogP contribution is 2.24. The fraction of sp³-hybridized carbons (Fsp3) is 0.400. The van der Waals surface area contributed by atoms with Crippen molar-refractivity contribution in [2.24, 2.45) is 0 Å². The molecule has 0 radical (unpaired) electrons. The Hall–Kier alpha value is -0.980. The van der Waals surface area contributed by atoms with Gasteiger partial charge in [0.05, 0.1) is 0 Å². The van der Waals surface area contributed by atoms with E-state index in [2.05, 4.69) is 0 Å². The van der Waals surface area contributed by atoms with Gasteiger partial charge in [0.1, 0.15) is 11.6 Å². The second-order valence-corrected chi connectivity index (χ2v) is 1.31. The lowest BCUT2D eigenvalue weighted by Crippen LogP contribution is -2.09. The normalized spacial score (nSPS) is 13.0. The molecule has 0 aromatic rings. The standard InChI is InChI=1S/C5H4F3N/c1-2-4(3-9)5(6,7)8/h2H,1H3/b4-2-. The fourth-order valence-electron chi connectivity index (χ4n) is 0.292. The van der Waals surface area contributed by atoms with Crippen LogP contribution in [0.3, 0.4) is 0 Å². The van der Waals surface area contributed by atoms with Crippen LogP contribution in [0.15, 0.2) is 11.6 Å². The van der Waals surface area contributed by atoms with Crippen LogP contribution < -0.4 is 0 Å². The fourth-order valence-corrected chi connectivity index (χ4v) is 0.292. The molecule has 0 aliphatic rings.